The van der Waals surface area contributed by atoms with Gasteiger partial charge in [0, 0.05) is 34.8 Å². The average Bonchev–Trinajstić information content (AvgIpc) is 3.09. The maximum absolute atomic E-state index is 10.9. The Balaban J connectivity index is 1.74. The molecule has 0 aliphatic rings. The lowest BCUT2D eigenvalue weighted by atomic mass is 10.2. The first-order valence-electron chi connectivity index (χ1n) is 7.14. The maximum atomic E-state index is 10.9. The number of aliphatic hydroxyl groups excluding tert-OH is 1. The number of nitro benzene ring substituents is 1. The first kappa shape index (κ1) is 16.0. The van der Waals surface area contributed by atoms with Crippen LogP contribution in [0.1, 0.15) is 11.3 Å². The molecule has 0 aliphatic heterocycles. The number of anilines is 1. The Bertz CT molecular complexity index is 866. The topological polar surface area (TPSA) is 101 Å². The van der Waals surface area contributed by atoms with Gasteiger partial charge in [0.15, 0.2) is 0 Å². The largest absolute Gasteiger partial charge is 0.392 e. The molecule has 7 nitrogen and oxygen atoms in total. The van der Waals surface area contributed by atoms with E-state index in [0.29, 0.717) is 6.54 Å². The fourth-order valence-corrected chi connectivity index (χ4v) is 3.00. The molecule has 0 amide bonds. The lowest BCUT2D eigenvalue weighted by Gasteiger charge is -2.08. The van der Waals surface area contributed by atoms with E-state index in [1.807, 2.05) is 5.38 Å². The lowest BCUT2D eigenvalue weighted by molar-refractivity contribution is -0.384. The van der Waals surface area contributed by atoms with Crippen LogP contribution in [0.3, 0.4) is 0 Å². The van der Waals surface area contributed by atoms with Crippen molar-refractivity contribution in [2.24, 2.45) is 0 Å². The van der Waals surface area contributed by atoms with E-state index in [2.05, 4.69) is 15.3 Å². The standard InChI is InChI=1S/C16H14N4O3S/c21-9-12-4-5-17-8-15(12)18-7-13-10-24-16(19-13)11-2-1-3-14(6-11)20(22)23/h1-6,8,10,18,21H,7,9H2. The molecule has 0 atom stereocenters. The smallest absolute Gasteiger partial charge is 0.270 e. The Morgan fingerprint density at radius 1 is 1.33 bits per heavy atom. The van der Waals surface area contributed by atoms with Gasteiger partial charge in [-0.2, -0.15) is 0 Å². The van der Waals surface area contributed by atoms with Crippen LogP contribution in [0.2, 0.25) is 0 Å². The van der Waals surface area contributed by atoms with E-state index in [9.17, 15) is 15.2 Å². The van der Waals surface area contributed by atoms with Crippen molar-refractivity contribution in [3.05, 3.63) is 69.5 Å². The molecule has 0 fully saturated rings. The fraction of sp³-hybridized carbons (Fsp3) is 0.125. The van der Waals surface area contributed by atoms with Crippen LogP contribution in [0.4, 0.5) is 11.4 Å². The molecule has 1 aromatic carbocycles. The van der Waals surface area contributed by atoms with Crippen LogP contribution in [0.5, 0.6) is 0 Å². The minimum atomic E-state index is -0.418. The number of benzene rings is 1. The summed E-state index contributed by atoms with van der Waals surface area (Å²) < 4.78 is 0. The molecule has 3 aromatic rings. The van der Waals surface area contributed by atoms with Crippen LogP contribution in [0.25, 0.3) is 10.6 Å². The van der Waals surface area contributed by atoms with Crippen molar-refractivity contribution in [1.82, 2.24) is 9.97 Å². The predicted octanol–water partition coefficient (Wildman–Crippen LogP) is 3.22. The van der Waals surface area contributed by atoms with Crippen LogP contribution in [0.15, 0.2) is 48.1 Å². The summed E-state index contributed by atoms with van der Waals surface area (Å²) >= 11 is 1.43. The van der Waals surface area contributed by atoms with Crippen molar-refractivity contribution in [2.45, 2.75) is 13.2 Å². The zero-order valence-corrected chi connectivity index (χ0v) is 13.4. The number of rotatable bonds is 6. The van der Waals surface area contributed by atoms with Crippen LogP contribution in [-0.2, 0) is 13.2 Å². The molecular weight excluding hydrogens is 328 g/mol. The molecule has 2 heterocycles. The molecule has 0 saturated carbocycles. The summed E-state index contributed by atoms with van der Waals surface area (Å²) in [6.45, 7) is 0.408. The molecule has 122 valence electrons. The van der Waals surface area contributed by atoms with Gasteiger partial charge >= 0.3 is 0 Å². The number of hydrogen-bond acceptors (Lipinski definition) is 7. The lowest BCUT2D eigenvalue weighted by Crippen LogP contribution is -2.03. The van der Waals surface area contributed by atoms with Crippen molar-refractivity contribution >= 4 is 22.7 Å². The second kappa shape index (κ2) is 7.16. The van der Waals surface area contributed by atoms with E-state index in [1.54, 1.807) is 30.6 Å². The number of thiazole rings is 1. The van der Waals surface area contributed by atoms with Gasteiger partial charge in [-0.25, -0.2) is 4.98 Å². The number of pyridine rings is 1. The second-order valence-corrected chi connectivity index (χ2v) is 5.85. The van der Waals surface area contributed by atoms with Crippen LogP contribution in [0, 0.1) is 10.1 Å². The van der Waals surface area contributed by atoms with Gasteiger partial charge in [0.25, 0.3) is 5.69 Å². The average molecular weight is 342 g/mol. The third kappa shape index (κ3) is 3.55. The van der Waals surface area contributed by atoms with Gasteiger partial charge in [0.2, 0.25) is 0 Å². The highest BCUT2D eigenvalue weighted by molar-refractivity contribution is 7.13. The first-order valence-corrected chi connectivity index (χ1v) is 8.02. The zero-order chi connectivity index (χ0) is 16.9. The van der Waals surface area contributed by atoms with Gasteiger partial charge < -0.3 is 10.4 Å². The summed E-state index contributed by atoms with van der Waals surface area (Å²) in [6, 6.07) is 8.17. The molecule has 0 aliphatic carbocycles. The number of nitrogens with one attached hydrogen (secondary N) is 1. The zero-order valence-electron chi connectivity index (χ0n) is 12.5. The molecule has 0 saturated heterocycles. The number of nitrogens with zero attached hydrogens (tertiary/aromatic N) is 3. The Morgan fingerprint density at radius 2 is 2.21 bits per heavy atom. The second-order valence-electron chi connectivity index (χ2n) is 5.00. The minimum absolute atomic E-state index is 0.0466. The summed E-state index contributed by atoms with van der Waals surface area (Å²) in [7, 11) is 0. The third-order valence-electron chi connectivity index (χ3n) is 3.40. The van der Waals surface area contributed by atoms with Gasteiger partial charge in [-0.3, -0.25) is 15.1 Å². The third-order valence-corrected chi connectivity index (χ3v) is 4.34. The highest BCUT2D eigenvalue weighted by atomic mass is 32.1. The molecule has 24 heavy (non-hydrogen) atoms. The Hall–Kier alpha value is -2.84. The number of hydrogen-bond donors (Lipinski definition) is 2. The minimum Gasteiger partial charge on any atom is -0.392 e. The van der Waals surface area contributed by atoms with E-state index in [0.717, 1.165) is 27.5 Å². The highest BCUT2D eigenvalue weighted by Gasteiger charge is 2.10. The first-order chi connectivity index (χ1) is 11.7. The summed E-state index contributed by atoms with van der Waals surface area (Å²) in [4.78, 5) is 19.0. The van der Waals surface area contributed by atoms with E-state index < -0.39 is 4.92 Å². The Kier molecular flexibility index (Phi) is 4.78. The predicted molar refractivity (Wildman–Crippen MR) is 91.7 cm³/mol. The summed E-state index contributed by atoms with van der Waals surface area (Å²) in [6.07, 6.45) is 3.28. The molecule has 3 rings (SSSR count). The normalized spacial score (nSPS) is 10.5. The van der Waals surface area contributed by atoms with Gasteiger partial charge in [-0.05, 0) is 6.07 Å². The quantitative estimate of drug-likeness (QED) is 0.527. The van der Waals surface area contributed by atoms with Crippen molar-refractivity contribution in [1.29, 1.82) is 0 Å². The Labute approximate surface area is 141 Å². The molecule has 0 radical (unpaired) electrons. The fourth-order valence-electron chi connectivity index (χ4n) is 2.18. The van der Waals surface area contributed by atoms with Crippen LogP contribution < -0.4 is 5.32 Å². The SMILES string of the molecule is O=[N+]([O-])c1cccc(-c2nc(CNc3cnccc3CO)cs2)c1. The number of nitro groups is 1. The monoisotopic (exact) mass is 342 g/mol. The van der Waals surface area contributed by atoms with Gasteiger partial charge in [0.1, 0.15) is 5.01 Å². The molecule has 0 unspecified atom stereocenters. The summed E-state index contributed by atoms with van der Waals surface area (Å²) in [5, 5.41) is 26.0. The van der Waals surface area contributed by atoms with Crippen LogP contribution >= 0.6 is 11.3 Å². The van der Waals surface area contributed by atoms with Gasteiger partial charge in [-0.15, -0.1) is 11.3 Å². The van der Waals surface area contributed by atoms with E-state index in [4.69, 9.17) is 0 Å². The van der Waals surface area contributed by atoms with Crippen LogP contribution in [-0.4, -0.2) is 20.0 Å². The van der Waals surface area contributed by atoms with Crippen molar-refractivity contribution in [2.75, 3.05) is 5.32 Å². The van der Waals surface area contributed by atoms with Crippen molar-refractivity contribution in [3.8, 4) is 10.6 Å². The molecule has 2 aromatic heterocycles. The number of non-ortho nitro benzene ring substituents is 1. The number of aromatic nitrogens is 2. The Morgan fingerprint density at radius 3 is 3.00 bits per heavy atom. The summed E-state index contributed by atoms with van der Waals surface area (Å²) in [5.74, 6) is 0. The van der Waals surface area contributed by atoms with Crippen molar-refractivity contribution in [3.63, 3.8) is 0 Å². The maximum Gasteiger partial charge on any atom is 0.270 e. The van der Waals surface area contributed by atoms with E-state index in [1.165, 1.54) is 23.5 Å². The van der Waals surface area contributed by atoms with Gasteiger partial charge in [-0.1, -0.05) is 12.1 Å². The summed E-state index contributed by atoms with van der Waals surface area (Å²) in [5.41, 5.74) is 3.10. The molecule has 2 N–H and O–H groups in total. The van der Waals surface area contributed by atoms with E-state index in [-0.39, 0.29) is 12.3 Å². The highest BCUT2D eigenvalue weighted by Crippen LogP contribution is 2.27. The van der Waals surface area contributed by atoms with E-state index >= 15 is 0 Å². The van der Waals surface area contributed by atoms with Crippen molar-refractivity contribution < 1.29 is 10.0 Å². The molecule has 8 heteroatoms. The number of aliphatic hydroxyl groups is 1. The molecular formula is C16H14N4O3S. The van der Waals surface area contributed by atoms with Gasteiger partial charge in [0.05, 0.1) is 35.7 Å². The molecule has 0 bridgehead atoms. The molecule has 0 spiro atoms.